The number of benzene rings is 1. The zero-order chi connectivity index (χ0) is 20.4. The molecule has 3 aromatic rings. The summed E-state index contributed by atoms with van der Waals surface area (Å²) >= 11 is 12.6. The van der Waals surface area contributed by atoms with Gasteiger partial charge in [0.15, 0.2) is 5.65 Å². The maximum absolute atomic E-state index is 13.3. The quantitative estimate of drug-likeness (QED) is 0.486. The molecule has 0 aliphatic rings. The van der Waals surface area contributed by atoms with Crippen molar-refractivity contribution >= 4 is 34.2 Å². The first-order valence-electron chi connectivity index (χ1n) is 7.99. The molecule has 0 aliphatic heterocycles. The first kappa shape index (κ1) is 19.8. The molecule has 2 aromatic heterocycles. The smallest absolute Gasteiger partial charge is 0.264 e. The van der Waals surface area contributed by atoms with Gasteiger partial charge >= 0.3 is 0 Å². The SMILES string of the molecule is C#CCn1c(=O)c(-c2c(Cl)ccc(Cl)c2OCN)c(O)c2c(OC)ccnc21. The van der Waals surface area contributed by atoms with Crippen molar-refractivity contribution in [3.63, 3.8) is 0 Å². The van der Waals surface area contributed by atoms with Crippen LogP contribution < -0.4 is 20.8 Å². The number of hydrogen-bond donors (Lipinski definition) is 2. The average Bonchev–Trinajstić information content (AvgIpc) is 2.69. The summed E-state index contributed by atoms with van der Waals surface area (Å²) in [6.45, 7) is -0.307. The van der Waals surface area contributed by atoms with E-state index in [-0.39, 0.29) is 57.0 Å². The van der Waals surface area contributed by atoms with Crippen LogP contribution in [0, 0.1) is 12.3 Å². The Morgan fingerprint density at radius 2 is 2.00 bits per heavy atom. The number of terminal acetylenes is 1. The van der Waals surface area contributed by atoms with E-state index in [9.17, 15) is 9.90 Å². The van der Waals surface area contributed by atoms with Gasteiger partial charge in [0.1, 0.15) is 29.4 Å². The number of methoxy groups -OCH3 is 1. The third kappa shape index (κ3) is 3.12. The van der Waals surface area contributed by atoms with Gasteiger partial charge in [0.25, 0.3) is 5.56 Å². The van der Waals surface area contributed by atoms with Crippen LogP contribution in [0.3, 0.4) is 0 Å². The fraction of sp³-hybridized carbons (Fsp3) is 0.158. The standard InChI is InChI=1S/C19H15Cl2N3O4/c1-3-8-24-18-14(12(27-2)6-7-23-18)16(25)15(19(24)26)13-10(20)4-5-11(21)17(13)28-9-22/h1,4-7,25H,8-9,22H2,2H3. The Morgan fingerprint density at radius 1 is 1.29 bits per heavy atom. The number of halogens is 2. The molecule has 7 nitrogen and oxygen atoms in total. The van der Waals surface area contributed by atoms with Gasteiger partial charge in [-0.25, -0.2) is 4.98 Å². The van der Waals surface area contributed by atoms with Crippen LogP contribution in [0.5, 0.6) is 17.2 Å². The lowest BCUT2D eigenvalue weighted by atomic mass is 10.0. The molecule has 0 aliphatic carbocycles. The summed E-state index contributed by atoms with van der Waals surface area (Å²) in [4.78, 5) is 17.4. The van der Waals surface area contributed by atoms with Crippen LogP contribution in [0.1, 0.15) is 0 Å². The van der Waals surface area contributed by atoms with Gasteiger partial charge in [-0.2, -0.15) is 0 Å². The van der Waals surface area contributed by atoms with E-state index in [2.05, 4.69) is 10.9 Å². The van der Waals surface area contributed by atoms with Gasteiger partial charge in [-0.15, -0.1) is 6.42 Å². The molecule has 2 heterocycles. The van der Waals surface area contributed by atoms with Gasteiger partial charge < -0.3 is 14.6 Å². The highest BCUT2D eigenvalue weighted by Crippen LogP contribution is 2.46. The van der Waals surface area contributed by atoms with Crippen LogP contribution in [-0.4, -0.2) is 28.5 Å². The third-order valence-electron chi connectivity index (χ3n) is 4.09. The zero-order valence-corrected chi connectivity index (χ0v) is 16.2. The average molecular weight is 420 g/mol. The second-order valence-corrected chi connectivity index (χ2v) is 6.39. The first-order valence-corrected chi connectivity index (χ1v) is 8.75. The minimum Gasteiger partial charge on any atom is -0.506 e. The van der Waals surface area contributed by atoms with Crippen molar-refractivity contribution in [2.24, 2.45) is 5.73 Å². The second kappa shape index (κ2) is 7.98. The van der Waals surface area contributed by atoms with Crippen molar-refractivity contribution in [2.45, 2.75) is 6.54 Å². The van der Waals surface area contributed by atoms with Crippen LogP contribution in [-0.2, 0) is 6.54 Å². The minimum absolute atomic E-state index is 0.0681. The second-order valence-electron chi connectivity index (χ2n) is 5.58. The highest BCUT2D eigenvalue weighted by molar-refractivity contribution is 6.37. The van der Waals surface area contributed by atoms with Crippen molar-refractivity contribution in [3.05, 3.63) is 44.8 Å². The topological polar surface area (TPSA) is 99.6 Å². The molecule has 0 unspecified atom stereocenters. The van der Waals surface area contributed by atoms with E-state index in [0.29, 0.717) is 5.75 Å². The number of pyridine rings is 2. The highest BCUT2D eigenvalue weighted by Gasteiger charge is 2.26. The zero-order valence-electron chi connectivity index (χ0n) is 14.7. The predicted octanol–water partition coefficient (Wildman–Crippen LogP) is 3.01. The largest absolute Gasteiger partial charge is 0.506 e. The van der Waals surface area contributed by atoms with Crippen molar-refractivity contribution in [1.82, 2.24) is 9.55 Å². The molecule has 1 aromatic carbocycles. The van der Waals surface area contributed by atoms with Gasteiger partial charge in [-0.1, -0.05) is 29.1 Å². The summed E-state index contributed by atoms with van der Waals surface area (Å²) in [5.41, 5.74) is 4.99. The van der Waals surface area contributed by atoms with E-state index >= 15 is 0 Å². The Labute approximate surface area is 170 Å². The van der Waals surface area contributed by atoms with Crippen molar-refractivity contribution in [2.75, 3.05) is 13.8 Å². The Bertz CT molecular complexity index is 1170. The fourth-order valence-corrected chi connectivity index (χ4v) is 3.40. The Balaban J connectivity index is 2.56. The van der Waals surface area contributed by atoms with E-state index in [1.807, 2.05) is 0 Å². The molecule has 28 heavy (non-hydrogen) atoms. The monoisotopic (exact) mass is 419 g/mol. The van der Waals surface area contributed by atoms with E-state index in [1.165, 1.54) is 30.0 Å². The van der Waals surface area contributed by atoms with Crippen LogP contribution in [0.15, 0.2) is 29.2 Å². The molecular formula is C19H15Cl2N3O4. The summed E-state index contributed by atoms with van der Waals surface area (Å²) in [5.74, 6) is 2.39. The highest BCUT2D eigenvalue weighted by atomic mass is 35.5. The van der Waals surface area contributed by atoms with Gasteiger partial charge in [0.2, 0.25) is 0 Å². The van der Waals surface area contributed by atoms with Gasteiger partial charge in [-0.05, 0) is 18.2 Å². The molecule has 0 bridgehead atoms. The molecular weight excluding hydrogens is 405 g/mol. The number of fused-ring (bicyclic) bond motifs is 1. The number of hydrogen-bond acceptors (Lipinski definition) is 6. The van der Waals surface area contributed by atoms with Crippen LogP contribution in [0.25, 0.3) is 22.2 Å². The maximum Gasteiger partial charge on any atom is 0.264 e. The number of rotatable bonds is 5. The molecule has 0 saturated heterocycles. The lowest BCUT2D eigenvalue weighted by molar-refractivity contribution is 0.331. The fourth-order valence-electron chi connectivity index (χ4n) is 2.94. The molecule has 0 amide bonds. The first-order chi connectivity index (χ1) is 13.5. The van der Waals surface area contributed by atoms with E-state index in [1.54, 1.807) is 6.07 Å². The molecule has 0 fully saturated rings. The molecule has 0 spiro atoms. The number of aromatic nitrogens is 2. The van der Waals surface area contributed by atoms with Crippen LogP contribution >= 0.6 is 23.2 Å². The number of nitrogens with zero attached hydrogens (tertiary/aromatic N) is 2. The van der Waals surface area contributed by atoms with Gasteiger partial charge in [0, 0.05) is 6.20 Å². The van der Waals surface area contributed by atoms with Crippen LogP contribution in [0.4, 0.5) is 0 Å². The minimum atomic E-state index is -0.616. The molecule has 0 saturated carbocycles. The van der Waals surface area contributed by atoms with Gasteiger partial charge in [0.05, 0.1) is 34.8 Å². The molecule has 3 N–H and O–H groups in total. The van der Waals surface area contributed by atoms with E-state index in [4.69, 9.17) is 44.8 Å². The van der Waals surface area contributed by atoms with Crippen molar-refractivity contribution < 1.29 is 14.6 Å². The van der Waals surface area contributed by atoms with Crippen molar-refractivity contribution in [3.8, 4) is 40.7 Å². The number of aromatic hydroxyl groups is 1. The summed E-state index contributed by atoms with van der Waals surface area (Å²) in [6, 6.07) is 4.53. The summed E-state index contributed by atoms with van der Waals surface area (Å²) in [6.07, 6.45) is 6.88. The van der Waals surface area contributed by atoms with Gasteiger partial charge in [-0.3, -0.25) is 15.1 Å². The number of nitrogens with two attached hydrogens (primary N) is 1. The van der Waals surface area contributed by atoms with Crippen molar-refractivity contribution in [1.29, 1.82) is 0 Å². The molecule has 3 rings (SSSR count). The maximum atomic E-state index is 13.3. The normalized spacial score (nSPS) is 10.7. The number of ether oxygens (including phenoxy) is 2. The molecule has 9 heteroatoms. The Hall–Kier alpha value is -2.92. The summed E-state index contributed by atoms with van der Waals surface area (Å²) in [5, 5.41) is 11.5. The lowest BCUT2D eigenvalue weighted by Crippen LogP contribution is -2.23. The van der Waals surface area contributed by atoms with E-state index < -0.39 is 5.56 Å². The molecule has 0 radical (unpaired) electrons. The predicted molar refractivity (Wildman–Crippen MR) is 108 cm³/mol. The summed E-state index contributed by atoms with van der Waals surface area (Å²) in [7, 11) is 1.43. The third-order valence-corrected chi connectivity index (χ3v) is 4.70. The molecule has 0 atom stereocenters. The summed E-state index contributed by atoms with van der Waals surface area (Å²) < 4.78 is 12.0. The molecule has 144 valence electrons. The lowest BCUT2D eigenvalue weighted by Gasteiger charge is -2.18. The Kier molecular flexibility index (Phi) is 5.66. The van der Waals surface area contributed by atoms with Crippen LogP contribution in [0.2, 0.25) is 10.0 Å². The Morgan fingerprint density at radius 3 is 2.64 bits per heavy atom. The van der Waals surface area contributed by atoms with E-state index in [0.717, 1.165) is 0 Å².